The molecule has 0 amide bonds. The zero-order valence-electron chi connectivity index (χ0n) is 16.6. The summed E-state index contributed by atoms with van der Waals surface area (Å²) in [5.74, 6) is 4.06. The first kappa shape index (κ1) is 22.3. The molecule has 0 aromatic carbocycles. The fourth-order valence-electron chi connectivity index (χ4n) is 2.00. The van der Waals surface area contributed by atoms with Gasteiger partial charge in [-0.1, -0.05) is 45.3 Å². The summed E-state index contributed by atoms with van der Waals surface area (Å²) in [5.41, 5.74) is 3.43. The maximum Gasteiger partial charge on any atom is 0.260 e. The normalized spacial score (nSPS) is 12.6. The highest BCUT2D eigenvalue weighted by atomic mass is 28.4. The fraction of sp³-hybridized carbons (Fsp3) is 0.789. The van der Waals surface area contributed by atoms with Crippen LogP contribution in [0.5, 0.6) is 0 Å². The van der Waals surface area contributed by atoms with Crippen LogP contribution in [-0.4, -0.2) is 23.0 Å². The molecule has 134 valence electrons. The molecule has 0 aromatic rings. The number of rotatable bonds is 11. The second-order valence-corrected chi connectivity index (χ2v) is 17.3. The van der Waals surface area contributed by atoms with Gasteiger partial charge in [0.05, 0.1) is 6.61 Å². The van der Waals surface area contributed by atoms with Crippen molar-refractivity contribution in [3.63, 3.8) is 0 Å². The SMILES string of the molecule is C/C=C(\OCCCCCCCCC#C[Si](C)(C)C)O[Si](C)(C)C. The average molecular weight is 355 g/mol. The predicted octanol–water partition coefficient (Wildman–Crippen LogP) is 6.33. The van der Waals surface area contributed by atoms with Crippen molar-refractivity contribution in [2.75, 3.05) is 6.61 Å². The monoisotopic (exact) mass is 354 g/mol. The van der Waals surface area contributed by atoms with E-state index in [0.717, 1.165) is 19.4 Å². The minimum Gasteiger partial charge on any atom is -0.520 e. The summed E-state index contributed by atoms with van der Waals surface area (Å²) in [4.78, 5) is 0. The molecule has 0 aliphatic carbocycles. The van der Waals surface area contributed by atoms with Crippen molar-refractivity contribution in [1.82, 2.24) is 0 Å². The van der Waals surface area contributed by atoms with E-state index in [-0.39, 0.29) is 0 Å². The van der Waals surface area contributed by atoms with Gasteiger partial charge in [0.25, 0.3) is 5.95 Å². The van der Waals surface area contributed by atoms with E-state index in [9.17, 15) is 0 Å². The molecule has 0 radical (unpaired) electrons. The summed E-state index contributed by atoms with van der Waals surface area (Å²) in [5, 5.41) is 0. The van der Waals surface area contributed by atoms with Crippen molar-refractivity contribution in [2.24, 2.45) is 0 Å². The van der Waals surface area contributed by atoms with E-state index < -0.39 is 16.4 Å². The molecule has 4 heteroatoms. The lowest BCUT2D eigenvalue weighted by Gasteiger charge is -2.21. The van der Waals surface area contributed by atoms with Crippen LogP contribution in [0.1, 0.15) is 51.9 Å². The van der Waals surface area contributed by atoms with Crippen LogP contribution in [0.15, 0.2) is 12.0 Å². The molecule has 0 atom stereocenters. The topological polar surface area (TPSA) is 18.5 Å². The van der Waals surface area contributed by atoms with E-state index in [0.29, 0.717) is 5.95 Å². The maximum atomic E-state index is 5.86. The van der Waals surface area contributed by atoms with Gasteiger partial charge in [0.1, 0.15) is 8.07 Å². The Morgan fingerprint density at radius 3 is 1.96 bits per heavy atom. The minimum atomic E-state index is -1.55. The van der Waals surface area contributed by atoms with Crippen molar-refractivity contribution in [1.29, 1.82) is 0 Å². The molecule has 0 aromatic heterocycles. The van der Waals surface area contributed by atoms with Crippen LogP contribution in [0.3, 0.4) is 0 Å². The molecule has 0 N–H and O–H groups in total. The molecular formula is C19H38O2Si2. The maximum absolute atomic E-state index is 5.86. The molecule has 0 unspecified atom stereocenters. The molecule has 23 heavy (non-hydrogen) atoms. The Hall–Kier alpha value is -0.666. The average Bonchev–Trinajstić information content (AvgIpc) is 2.40. The van der Waals surface area contributed by atoms with Crippen LogP contribution in [0.2, 0.25) is 39.3 Å². The van der Waals surface area contributed by atoms with Crippen molar-refractivity contribution in [3.05, 3.63) is 12.0 Å². The quantitative estimate of drug-likeness (QED) is 0.187. The van der Waals surface area contributed by atoms with Crippen LogP contribution >= 0.6 is 0 Å². The molecule has 0 spiro atoms. The van der Waals surface area contributed by atoms with E-state index in [1.165, 1.54) is 32.1 Å². The Kier molecular flexibility index (Phi) is 11.5. The van der Waals surface area contributed by atoms with E-state index in [1.807, 2.05) is 13.0 Å². The third-order valence-corrected chi connectivity index (χ3v) is 4.79. The van der Waals surface area contributed by atoms with Crippen molar-refractivity contribution < 1.29 is 9.16 Å². The summed E-state index contributed by atoms with van der Waals surface area (Å²) in [6.07, 6.45) is 10.5. The first-order valence-electron chi connectivity index (χ1n) is 9.12. The van der Waals surface area contributed by atoms with Gasteiger partial charge in [-0.2, -0.15) is 0 Å². The summed E-state index contributed by atoms with van der Waals surface area (Å²) in [7, 11) is -2.72. The Morgan fingerprint density at radius 1 is 0.870 bits per heavy atom. The summed E-state index contributed by atoms with van der Waals surface area (Å²) in [6.45, 7) is 16.2. The second kappa shape index (κ2) is 11.8. The molecule has 2 nitrogen and oxygen atoms in total. The Bertz CT molecular complexity index is 392. The number of unbranched alkanes of at least 4 members (excludes halogenated alkanes) is 6. The van der Waals surface area contributed by atoms with Gasteiger partial charge in [-0.3, -0.25) is 0 Å². The minimum absolute atomic E-state index is 0.713. The fourth-order valence-corrected chi connectivity index (χ4v) is 3.43. The lowest BCUT2D eigenvalue weighted by atomic mass is 10.1. The lowest BCUT2D eigenvalue weighted by Crippen LogP contribution is -2.25. The molecular weight excluding hydrogens is 316 g/mol. The summed E-state index contributed by atoms with van der Waals surface area (Å²) in [6, 6.07) is 0. The standard InChI is InChI=1S/C19H38O2Si2/c1-8-19(21-23(5,6)7)20-17-15-13-11-9-10-12-14-16-18-22(2,3)4/h8H,9-15,17H2,1-7H3/b19-8+. The number of hydrogen-bond donors (Lipinski definition) is 0. The van der Waals surface area contributed by atoms with Gasteiger partial charge in [0.2, 0.25) is 8.32 Å². The summed E-state index contributed by atoms with van der Waals surface area (Å²) < 4.78 is 11.6. The van der Waals surface area contributed by atoms with Crippen LogP contribution in [-0.2, 0) is 9.16 Å². The highest BCUT2D eigenvalue weighted by molar-refractivity contribution is 6.83. The Morgan fingerprint density at radius 2 is 1.43 bits per heavy atom. The zero-order chi connectivity index (χ0) is 17.8. The molecule has 0 aliphatic rings. The highest BCUT2D eigenvalue weighted by Crippen LogP contribution is 2.13. The van der Waals surface area contributed by atoms with Crippen LogP contribution < -0.4 is 0 Å². The predicted molar refractivity (Wildman–Crippen MR) is 108 cm³/mol. The Labute approximate surface area is 147 Å². The van der Waals surface area contributed by atoms with E-state index in [1.54, 1.807) is 0 Å². The molecule has 0 fully saturated rings. The van der Waals surface area contributed by atoms with Gasteiger partial charge in [-0.15, -0.1) is 11.5 Å². The molecule has 0 saturated carbocycles. The lowest BCUT2D eigenvalue weighted by molar-refractivity contribution is 0.0991. The molecule has 0 bridgehead atoms. The number of allylic oxidation sites excluding steroid dienone is 1. The smallest absolute Gasteiger partial charge is 0.260 e. The van der Waals surface area contributed by atoms with Gasteiger partial charge >= 0.3 is 0 Å². The molecule has 0 aliphatic heterocycles. The Balaban J connectivity index is 3.51. The number of ether oxygens (including phenoxy) is 1. The van der Waals surface area contributed by atoms with Gasteiger partial charge in [0.15, 0.2) is 0 Å². The molecule has 0 heterocycles. The van der Waals surface area contributed by atoms with Gasteiger partial charge in [-0.25, -0.2) is 0 Å². The van der Waals surface area contributed by atoms with E-state index >= 15 is 0 Å². The van der Waals surface area contributed by atoms with Crippen molar-refractivity contribution >= 4 is 16.4 Å². The second-order valence-electron chi connectivity index (χ2n) is 8.09. The highest BCUT2D eigenvalue weighted by Gasteiger charge is 2.17. The van der Waals surface area contributed by atoms with Crippen LogP contribution in [0, 0.1) is 11.5 Å². The summed E-state index contributed by atoms with van der Waals surface area (Å²) >= 11 is 0. The first-order valence-corrected chi connectivity index (χ1v) is 16.0. The van der Waals surface area contributed by atoms with Crippen LogP contribution in [0.4, 0.5) is 0 Å². The zero-order valence-corrected chi connectivity index (χ0v) is 18.6. The van der Waals surface area contributed by atoms with Gasteiger partial charge < -0.3 is 9.16 Å². The van der Waals surface area contributed by atoms with Crippen LogP contribution in [0.25, 0.3) is 0 Å². The molecule has 0 saturated heterocycles. The van der Waals surface area contributed by atoms with Crippen molar-refractivity contribution in [2.45, 2.75) is 91.2 Å². The van der Waals surface area contributed by atoms with Gasteiger partial charge in [0, 0.05) is 6.42 Å². The first-order chi connectivity index (χ1) is 10.6. The van der Waals surface area contributed by atoms with Gasteiger partial charge in [-0.05, 0) is 45.5 Å². The van der Waals surface area contributed by atoms with E-state index in [2.05, 4.69) is 50.7 Å². The number of hydrogen-bond acceptors (Lipinski definition) is 2. The molecule has 0 rings (SSSR count). The third-order valence-electron chi connectivity index (χ3n) is 3.05. The van der Waals surface area contributed by atoms with Crippen molar-refractivity contribution in [3.8, 4) is 11.5 Å². The third kappa shape index (κ3) is 17.5. The van der Waals surface area contributed by atoms with E-state index in [4.69, 9.17) is 9.16 Å². The largest absolute Gasteiger partial charge is 0.520 e.